The van der Waals surface area contributed by atoms with Gasteiger partial charge in [-0.05, 0) is 25.2 Å². The Hall–Kier alpha value is -1.08. The van der Waals surface area contributed by atoms with Crippen molar-refractivity contribution in [2.45, 2.75) is 38.0 Å². The van der Waals surface area contributed by atoms with Crippen LogP contribution in [0.3, 0.4) is 0 Å². The van der Waals surface area contributed by atoms with Crippen molar-refractivity contribution in [1.29, 1.82) is 0 Å². The van der Waals surface area contributed by atoms with Crippen molar-refractivity contribution in [1.82, 2.24) is 0 Å². The Morgan fingerprint density at radius 2 is 2.05 bits per heavy atom. The highest BCUT2D eigenvalue weighted by Gasteiger charge is 2.35. The second-order valence-electron chi connectivity index (χ2n) is 6.02. The Labute approximate surface area is 129 Å². The summed E-state index contributed by atoms with van der Waals surface area (Å²) in [5, 5.41) is 3.63. The predicted molar refractivity (Wildman–Crippen MR) is 86.8 cm³/mol. The van der Waals surface area contributed by atoms with Gasteiger partial charge < -0.3 is 11.1 Å². The van der Waals surface area contributed by atoms with Crippen LogP contribution in [-0.4, -0.2) is 27.0 Å². The summed E-state index contributed by atoms with van der Waals surface area (Å²) < 4.78 is 23.9. The number of nitrogens with one attached hydrogen (secondary N) is 1. The van der Waals surface area contributed by atoms with Gasteiger partial charge in [0.2, 0.25) is 0 Å². The summed E-state index contributed by atoms with van der Waals surface area (Å²) in [6.07, 6.45) is 3.80. The Balaban J connectivity index is 2.33. The average molecular weight is 330 g/mol. The second kappa shape index (κ2) is 5.96. The first-order valence-electron chi connectivity index (χ1n) is 7.12. The summed E-state index contributed by atoms with van der Waals surface area (Å²) in [6, 6.07) is 0. The van der Waals surface area contributed by atoms with Crippen molar-refractivity contribution in [2.24, 2.45) is 11.8 Å². The van der Waals surface area contributed by atoms with Crippen molar-refractivity contribution in [3.05, 3.63) is 4.88 Å². The predicted octanol–water partition coefficient (Wildman–Crippen LogP) is 2.78. The van der Waals surface area contributed by atoms with E-state index in [9.17, 15) is 13.2 Å². The van der Waals surface area contributed by atoms with E-state index in [1.54, 1.807) is 0 Å². The van der Waals surface area contributed by atoms with Crippen LogP contribution in [0.25, 0.3) is 0 Å². The Bertz CT molecular complexity index is 643. The molecule has 1 aliphatic rings. The molecular formula is C14H22N2O3S2. The molecule has 5 nitrogen and oxygen atoms in total. The van der Waals surface area contributed by atoms with Gasteiger partial charge in [-0.2, -0.15) is 0 Å². The van der Waals surface area contributed by atoms with Gasteiger partial charge in [0.15, 0.2) is 15.6 Å². The fourth-order valence-corrected chi connectivity index (χ4v) is 4.72. The number of ketones is 1. The van der Waals surface area contributed by atoms with Crippen LogP contribution >= 0.6 is 11.3 Å². The number of sulfone groups is 1. The maximum absolute atomic E-state index is 12.2. The highest BCUT2D eigenvalue weighted by molar-refractivity contribution is 7.91. The number of carbonyl (C=O) groups is 1. The Morgan fingerprint density at radius 3 is 2.52 bits per heavy atom. The topological polar surface area (TPSA) is 89.3 Å². The Kier molecular flexibility index (Phi) is 4.63. The molecule has 2 rings (SSSR count). The fourth-order valence-electron chi connectivity index (χ4n) is 2.10. The van der Waals surface area contributed by atoms with Crippen molar-refractivity contribution in [3.63, 3.8) is 0 Å². The van der Waals surface area contributed by atoms with Crippen molar-refractivity contribution in [2.75, 3.05) is 23.9 Å². The molecule has 0 radical (unpaired) electrons. The number of anilines is 2. The minimum Gasteiger partial charge on any atom is -0.396 e. The molecule has 3 N–H and O–H groups in total. The van der Waals surface area contributed by atoms with Gasteiger partial charge in [-0.15, -0.1) is 11.3 Å². The lowest BCUT2D eigenvalue weighted by Crippen LogP contribution is -2.09. The monoisotopic (exact) mass is 330 g/mol. The summed E-state index contributed by atoms with van der Waals surface area (Å²) >= 11 is 1.18. The van der Waals surface area contributed by atoms with E-state index in [1.807, 2.05) is 0 Å². The number of hydrogen-bond donors (Lipinski definition) is 2. The molecule has 1 fully saturated rings. The zero-order valence-electron chi connectivity index (χ0n) is 12.6. The van der Waals surface area contributed by atoms with E-state index in [0.717, 1.165) is 25.5 Å². The van der Waals surface area contributed by atoms with Gasteiger partial charge in [0.1, 0.15) is 9.90 Å². The van der Waals surface area contributed by atoms with E-state index in [1.165, 1.54) is 11.3 Å². The van der Waals surface area contributed by atoms with Crippen LogP contribution in [-0.2, 0) is 9.84 Å². The standard InChI is InChI=1S/C14H22N2O3S2/c1-8(2)6-7-16-14-13(21(3,18)19)10(15)12(20-14)11(17)9-4-5-9/h8-9,16H,4-7,15H2,1-3H3. The van der Waals surface area contributed by atoms with Crippen molar-refractivity contribution < 1.29 is 13.2 Å². The second-order valence-corrected chi connectivity index (χ2v) is 9.00. The van der Waals surface area contributed by atoms with Crippen LogP contribution in [0.5, 0.6) is 0 Å². The SMILES string of the molecule is CC(C)CCNc1sc(C(=O)C2CC2)c(N)c1S(C)(=O)=O. The lowest BCUT2D eigenvalue weighted by Gasteiger charge is -2.08. The molecule has 0 spiro atoms. The van der Waals surface area contributed by atoms with Crippen LogP contribution in [0.15, 0.2) is 4.90 Å². The van der Waals surface area contributed by atoms with E-state index in [2.05, 4.69) is 19.2 Å². The summed E-state index contributed by atoms with van der Waals surface area (Å²) in [4.78, 5) is 12.7. The number of hydrogen-bond acceptors (Lipinski definition) is 6. The summed E-state index contributed by atoms with van der Waals surface area (Å²) in [5.41, 5.74) is 6.08. The van der Waals surface area contributed by atoms with E-state index < -0.39 is 9.84 Å². The van der Waals surface area contributed by atoms with Gasteiger partial charge in [-0.3, -0.25) is 4.79 Å². The molecule has 7 heteroatoms. The molecule has 0 atom stereocenters. The van der Waals surface area contributed by atoms with Gasteiger partial charge >= 0.3 is 0 Å². The molecule has 0 aromatic carbocycles. The van der Waals surface area contributed by atoms with Gasteiger partial charge in [-0.1, -0.05) is 13.8 Å². The zero-order chi connectivity index (χ0) is 15.8. The quantitative estimate of drug-likeness (QED) is 0.750. The lowest BCUT2D eigenvalue weighted by molar-refractivity contribution is 0.0972. The number of Topliss-reactive ketones (excluding diaryl/α,β-unsaturated/α-hetero) is 1. The average Bonchev–Trinajstić information content (AvgIpc) is 3.11. The van der Waals surface area contributed by atoms with Crippen molar-refractivity contribution >= 4 is 37.6 Å². The third-order valence-corrected chi connectivity index (χ3v) is 5.92. The molecule has 0 unspecified atom stereocenters. The molecule has 1 saturated carbocycles. The first-order valence-corrected chi connectivity index (χ1v) is 9.83. The molecule has 1 aliphatic carbocycles. The molecule has 21 heavy (non-hydrogen) atoms. The van der Waals surface area contributed by atoms with Gasteiger partial charge in [0.05, 0.1) is 10.6 Å². The fraction of sp³-hybridized carbons (Fsp3) is 0.643. The van der Waals surface area contributed by atoms with Gasteiger partial charge in [-0.25, -0.2) is 8.42 Å². The first-order chi connectivity index (χ1) is 9.71. The van der Waals surface area contributed by atoms with Crippen LogP contribution < -0.4 is 11.1 Å². The number of thiophene rings is 1. The van der Waals surface area contributed by atoms with Gasteiger partial charge in [0, 0.05) is 18.7 Å². The lowest BCUT2D eigenvalue weighted by atomic mass is 10.1. The normalized spacial score (nSPS) is 15.4. The number of nitrogen functional groups attached to an aromatic ring is 1. The largest absolute Gasteiger partial charge is 0.396 e. The highest BCUT2D eigenvalue weighted by atomic mass is 32.2. The molecule has 118 valence electrons. The van der Waals surface area contributed by atoms with Crippen LogP contribution in [0.2, 0.25) is 0 Å². The van der Waals surface area contributed by atoms with Crippen LogP contribution in [0.4, 0.5) is 10.7 Å². The van der Waals surface area contributed by atoms with E-state index >= 15 is 0 Å². The molecule has 1 heterocycles. The third kappa shape index (κ3) is 3.77. The summed E-state index contributed by atoms with van der Waals surface area (Å²) in [7, 11) is -3.46. The smallest absolute Gasteiger partial charge is 0.180 e. The highest BCUT2D eigenvalue weighted by Crippen LogP contribution is 2.43. The summed E-state index contributed by atoms with van der Waals surface area (Å²) in [6.45, 7) is 4.87. The van der Waals surface area contributed by atoms with E-state index in [0.29, 0.717) is 22.3 Å². The molecular weight excluding hydrogens is 308 g/mol. The minimum atomic E-state index is -3.46. The molecule has 1 aromatic rings. The van der Waals surface area contributed by atoms with Crippen LogP contribution in [0, 0.1) is 11.8 Å². The molecule has 0 aliphatic heterocycles. The Morgan fingerprint density at radius 1 is 1.43 bits per heavy atom. The number of carbonyl (C=O) groups excluding carboxylic acids is 1. The third-order valence-electron chi connectivity index (χ3n) is 3.45. The molecule has 0 amide bonds. The molecule has 0 bridgehead atoms. The summed E-state index contributed by atoms with van der Waals surface area (Å²) in [5.74, 6) is 0.533. The van der Waals surface area contributed by atoms with E-state index in [4.69, 9.17) is 5.73 Å². The number of rotatable bonds is 7. The first kappa shape index (κ1) is 16.3. The van der Waals surface area contributed by atoms with E-state index in [-0.39, 0.29) is 22.3 Å². The minimum absolute atomic E-state index is 0.0145. The molecule has 0 saturated heterocycles. The number of nitrogens with two attached hydrogens (primary N) is 1. The maximum Gasteiger partial charge on any atom is 0.180 e. The maximum atomic E-state index is 12.2. The van der Waals surface area contributed by atoms with Gasteiger partial charge in [0.25, 0.3) is 0 Å². The van der Waals surface area contributed by atoms with Crippen molar-refractivity contribution in [3.8, 4) is 0 Å². The molecule has 1 aromatic heterocycles. The zero-order valence-corrected chi connectivity index (χ0v) is 14.2. The van der Waals surface area contributed by atoms with Crippen LogP contribution in [0.1, 0.15) is 42.8 Å².